The average molecular weight is 238 g/mol. The Hall–Kier alpha value is -2.28. The fourth-order valence-electron chi connectivity index (χ4n) is 2.13. The summed E-state index contributed by atoms with van der Waals surface area (Å²) in [4.78, 5) is 6.53. The van der Waals surface area contributed by atoms with Crippen LogP contribution >= 0.6 is 0 Å². The van der Waals surface area contributed by atoms with Crippen molar-refractivity contribution >= 4 is 11.4 Å². The van der Waals surface area contributed by atoms with E-state index in [0.717, 1.165) is 22.3 Å². The van der Waals surface area contributed by atoms with Crippen LogP contribution in [-0.2, 0) is 0 Å². The van der Waals surface area contributed by atoms with Crippen molar-refractivity contribution in [3.8, 4) is 0 Å². The minimum Gasteiger partial charge on any atom is -0.361 e. The van der Waals surface area contributed by atoms with Crippen LogP contribution in [0.1, 0.15) is 26.7 Å². The molecule has 2 rings (SSSR count). The van der Waals surface area contributed by atoms with Crippen LogP contribution in [0.25, 0.3) is 11.1 Å². The third-order valence-corrected chi connectivity index (χ3v) is 3.26. The monoisotopic (exact) mass is 238 g/mol. The zero-order chi connectivity index (χ0) is 13.1. The maximum Gasteiger partial charge on any atom is 0.298 e. The number of allylic oxidation sites excluding steroid dienone is 8. The normalized spacial score (nSPS) is 19.2. The summed E-state index contributed by atoms with van der Waals surface area (Å²) in [5.41, 5.74) is 23.2. The highest BCUT2D eigenvalue weighted by atomic mass is 14.9. The molecule has 0 bridgehead atoms. The van der Waals surface area contributed by atoms with E-state index >= 15 is 0 Å². The molecule has 0 amide bonds. The molecule has 0 unspecified atom stereocenters. The van der Waals surface area contributed by atoms with Crippen LogP contribution in [-0.4, -0.2) is 21.0 Å². The third-order valence-electron chi connectivity index (χ3n) is 3.26. The third kappa shape index (κ3) is 2.21. The van der Waals surface area contributed by atoms with E-state index in [0.29, 0.717) is 24.3 Å². The van der Waals surface area contributed by atoms with Crippen LogP contribution in [0.2, 0.25) is 0 Å². The molecular formula is C14H14N4. The lowest BCUT2D eigenvalue weighted by Gasteiger charge is -2.12. The molecule has 18 heavy (non-hydrogen) atoms. The first-order valence-corrected chi connectivity index (χ1v) is 5.85. The number of hydrogen-bond acceptors (Lipinski definition) is 0. The Morgan fingerprint density at radius 3 is 1.50 bits per heavy atom. The van der Waals surface area contributed by atoms with E-state index in [2.05, 4.69) is 9.58 Å². The summed E-state index contributed by atoms with van der Waals surface area (Å²) in [6, 6.07) is 0. The van der Waals surface area contributed by atoms with E-state index in [4.69, 9.17) is 11.1 Å². The quantitative estimate of drug-likeness (QED) is 0.497. The number of hydrogen-bond donors (Lipinski definition) is 0. The van der Waals surface area contributed by atoms with Crippen LogP contribution in [0.5, 0.6) is 0 Å². The van der Waals surface area contributed by atoms with Crippen LogP contribution < -0.4 is 0 Å². The molecule has 4 nitrogen and oxygen atoms in total. The van der Waals surface area contributed by atoms with Crippen molar-refractivity contribution in [3.05, 3.63) is 57.7 Å². The van der Waals surface area contributed by atoms with E-state index in [1.54, 1.807) is 0 Å². The van der Waals surface area contributed by atoms with E-state index in [9.17, 15) is 0 Å². The van der Waals surface area contributed by atoms with E-state index < -0.39 is 0 Å². The van der Waals surface area contributed by atoms with E-state index in [1.165, 1.54) is 0 Å². The lowest BCUT2D eigenvalue weighted by atomic mass is 9.89. The molecule has 0 heterocycles. The van der Waals surface area contributed by atoms with Crippen LogP contribution in [0.3, 0.4) is 0 Å². The summed E-state index contributed by atoms with van der Waals surface area (Å²) in [5, 5.41) is 0. The van der Waals surface area contributed by atoms with Crippen molar-refractivity contribution in [2.45, 2.75) is 26.7 Å². The fraction of sp³-hybridized carbons (Fsp3) is 0.286. The molecule has 0 atom stereocenters. The summed E-state index contributed by atoms with van der Waals surface area (Å²) in [7, 11) is 0. The predicted molar refractivity (Wildman–Crippen MR) is 70.2 cm³/mol. The lowest BCUT2D eigenvalue weighted by Crippen LogP contribution is -2.09. The summed E-state index contributed by atoms with van der Waals surface area (Å²) in [6.07, 6.45) is 9.38. The van der Waals surface area contributed by atoms with E-state index in [-0.39, 0.29) is 0 Å². The largest absolute Gasteiger partial charge is 0.361 e. The maximum absolute atomic E-state index is 8.81. The van der Waals surface area contributed by atoms with Crippen molar-refractivity contribution in [1.29, 1.82) is 0 Å². The highest BCUT2D eigenvalue weighted by Gasteiger charge is 2.20. The Balaban J connectivity index is 2.32. The lowest BCUT2D eigenvalue weighted by molar-refractivity contribution is -0.00699. The van der Waals surface area contributed by atoms with Crippen LogP contribution in [0.4, 0.5) is 0 Å². The van der Waals surface area contributed by atoms with Crippen molar-refractivity contribution in [2.24, 2.45) is 0 Å². The predicted octanol–water partition coefficient (Wildman–Crippen LogP) is 2.88. The van der Waals surface area contributed by atoms with Gasteiger partial charge in [0.05, 0.1) is 12.8 Å². The summed E-state index contributed by atoms with van der Waals surface area (Å²) in [6.45, 7) is 3.87. The topological polar surface area (TPSA) is 72.8 Å². The molecule has 2 aliphatic rings. The molecule has 90 valence electrons. The highest BCUT2D eigenvalue weighted by Crippen LogP contribution is 2.25. The van der Waals surface area contributed by atoms with Gasteiger partial charge in [0.1, 0.15) is 0 Å². The van der Waals surface area contributed by atoms with Gasteiger partial charge in [-0.25, -0.2) is 0 Å². The van der Waals surface area contributed by atoms with Gasteiger partial charge in [0.2, 0.25) is 0 Å². The van der Waals surface area contributed by atoms with Crippen molar-refractivity contribution in [2.75, 3.05) is 0 Å². The Kier molecular flexibility index (Phi) is 3.33. The van der Waals surface area contributed by atoms with Gasteiger partial charge >= 0.3 is 0 Å². The number of rotatable bonds is 1. The van der Waals surface area contributed by atoms with Crippen LogP contribution in [0.15, 0.2) is 46.6 Å². The van der Waals surface area contributed by atoms with E-state index in [1.807, 2.05) is 38.2 Å². The van der Waals surface area contributed by atoms with Gasteiger partial charge in [0, 0.05) is 11.1 Å². The van der Waals surface area contributed by atoms with Crippen molar-refractivity contribution in [1.82, 2.24) is 0 Å². The van der Waals surface area contributed by atoms with Gasteiger partial charge < -0.3 is 11.1 Å². The maximum atomic E-state index is 8.81. The summed E-state index contributed by atoms with van der Waals surface area (Å²) in [5.74, 6) is 0. The van der Waals surface area contributed by atoms with Gasteiger partial charge in [0.25, 0.3) is 11.4 Å². The molecule has 0 radical (unpaired) electrons. The Morgan fingerprint density at radius 2 is 1.22 bits per heavy atom. The summed E-state index contributed by atoms with van der Waals surface area (Å²) < 4.78 is 0. The average Bonchev–Trinajstić information content (AvgIpc) is 2.38. The molecule has 0 fully saturated rings. The minimum absolute atomic E-state index is 0.638. The molecule has 0 aromatic carbocycles. The second-order valence-corrected chi connectivity index (χ2v) is 4.48. The van der Waals surface area contributed by atoms with Gasteiger partial charge in [-0.3, -0.25) is 0 Å². The number of nitrogens with zero attached hydrogens (tertiary/aromatic N) is 4. The molecule has 2 aliphatic carbocycles. The minimum atomic E-state index is 0.638. The SMILES string of the molecule is CC1=CC(C2=CCC(=[N+]=[N-])C(C)=C2)=CCC1=[N+]=[N-]. The highest BCUT2D eigenvalue weighted by molar-refractivity contribution is 6.00. The molecule has 4 heteroatoms. The van der Waals surface area contributed by atoms with Gasteiger partial charge in [-0.05, 0) is 37.1 Å². The van der Waals surface area contributed by atoms with Gasteiger partial charge in [-0.1, -0.05) is 12.2 Å². The Labute approximate surface area is 106 Å². The summed E-state index contributed by atoms with van der Waals surface area (Å²) >= 11 is 0. The molecule has 0 saturated carbocycles. The Bertz CT molecular complexity index is 560. The standard InChI is InChI=1S/C14H14N4/c1-9-7-11(3-5-13(9)17-15)12-4-6-14(18-16)10(2)8-12/h3-4,7-8H,5-6H2,1-2H3. The smallest absolute Gasteiger partial charge is 0.298 e. The zero-order valence-electron chi connectivity index (χ0n) is 10.5. The molecule has 0 N–H and O–H groups in total. The molecule has 0 spiro atoms. The van der Waals surface area contributed by atoms with Crippen LogP contribution in [0, 0.1) is 0 Å². The van der Waals surface area contributed by atoms with Gasteiger partial charge in [-0.2, -0.15) is 9.58 Å². The molecule has 0 saturated heterocycles. The first-order chi connectivity index (χ1) is 8.65. The van der Waals surface area contributed by atoms with Crippen molar-refractivity contribution < 1.29 is 9.58 Å². The fourth-order valence-corrected chi connectivity index (χ4v) is 2.13. The molecule has 0 aliphatic heterocycles. The molecular weight excluding hydrogens is 224 g/mol. The van der Waals surface area contributed by atoms with Gasteiger partial charge in [-0.15, -0.1) is 0 Å². The van der Waals surface area contributed by atoms with Crippen molar-refractivity contribution in [3.63, 3.8) is 0 Å². The molecule has 0 aromatic rings. The molecule has 0 aromatic heterocycles. The second kappa shape index (κ2) is 4.92. The zero-order valence-corrected chi connectivity index (χ0v) is 10.5. The first-order valence-electron chi connectivity index (χ1n) is 5.85. The van der Waals surface area contributed by atoms with Gasteiger partial charge in [0.15, 0.2) is 0 Å². The second-order valence-electron chi connectivity index (χ2n) is 4.48. The first kappa shape index (κ1) is 12.2. The Morgan fingerprint density at radius 1 is 0.833 bits per heavy atom.